The lowest BCUT2D eigenvalue weighted by molar-refractivity contribution is -0.127. The first-order valence-electron chi connectivity index (χ1n) is 10.8. The first kappa shape index (κ1) is 24.4. The average Bonchev–Trinajstić information content (AvgIpc) is 2.93. The van der Waals surface area contributed by atoms with Crippen LogP contribution in [0.25, 0.3) is 0 Å². The zero-order valence-corrected chi connectivity index (χ0v) is 20.3. The number of para-hydroxylation sites is 1. The van der Waals surface area contributed by atoms with Gasteiger partial charge in [-0.15, -0.1) is 0 Å². The highest BCUT2D eigenvalue weighted by Gasteiger charge is 2.30. The van der Waals surface area contributed by atoms with E-state index in [1.165, 1.54) is 4.90 Å². The second-order valence-corrected chi connectivity index (χ2v) is 8.95. The molecular formula is C26H22Cl2N4O3. The van der Waals surface area contributed by atoms with Crippen LogP contribution in [0.3, 0.4) is 0 Å². The van der Waals surface area contributed by atoms with Crippen molar-refractivity contribution in [2.45, 2.75) is 19.0 Å². The summed E-state index contributed by atoms with van der Waals surface area (Å²) in [6.45, 7) is 0. The van der Waals surface area contributed by atoms with Crippen LogP contribution in [0.5, 0.6) is 0 Å². The van der Waals surface area contributed by atoms with E-state index in [0.717, 1.165) is 11.1 Å². The molecule has 1 atom stereocenters. The summed E-state index contributed by atoms with van der Waals surface area (Å²) in [7, 11) is 1.64. The van der Waals surface area contributed by atoms with E-state index < -0.39 is 12.1 Å². The van der Waals surface area contributed by atoms with Gasteiger partial charge in [0.25, 0.3) is 5.91 Å². The smallest absolute Gasteiger partial charge is 0.272 e. The van der Waals surface area contributed by atoms with E-state index in [4.69, 9.17) is 28.9 Å². The Morgan fingerprint density at radius 2 is 1.69 bits per heavy atom. The minimum atomic E-state index is -1.13. The van der Waals surface area contributed by atoms with Crippen LogP contribution in [-0.4, -0.2) is 36.6 Å². The van der Waals surface area contributed by atoms with E-state index >= 15 is 0 Å². The molecule has 0 saturated carbocycles. The fraction of sp³-hybridized carbons (Fsp3) is 0.154. The number of hydrogen-bond donors (Lipinski definition) is 2. The summed E-state index contributed by atoms with van der Waals surface area (Å²) in [5, 5.41) is 3.72. The van der Waals surface area contributed by atoms with Crippen molar-refractivity contribution in [3.8, 4) is 0 Å². The van der Waals surface area contributed by atoms with Gasteiger partial charge in [-0.1, -0.05) is 53.5 Å². The maximum atomic E-state index is 13.2. The van der Waals surface area contributed by atoms with Gasteiger partial charge in [0.2, 0.25) is 18.0 Å². The van der Waals surface area contributed by atoms with Crippen molar-refractivity contribution < 1.29 is 14.4 Å². The average molecular weight is 509 g/mol. The number of carbonyl (C=O) groups is 3. The van der Waals surface area contributed by atoms with Crippen LogP contribution >= 0.6 is 23.2 Å². The third-order valence-corrected chi connectivity index (χ3v) is 6.08. The molecule has 3 aromatic carbocycles. The van der Waals surface area contributed by atoms with Crippen molar-refractivity contribution in [3.63, 3.8) is 0 Å². The molecule has 0 unspecified atom stereocenters. The number of carbonyl (C=O) groups excluding carboxylic acids is 3. The number of fused-ring (bicyclic) bond motifs is 1. The monoisotopic (exact) mass is 508 g/mol. The molecule has 0 fully saturated rings. The van der Waals surface area contributed by atoms with Gasteiger partial charge in [-0.05, 0) is 48.4 Å². The molecule has 0 aliphatic carbocycles. The number of benzene rings is 3. The van der Waals surface area contributed by atoms with Gasteiger partial charge in [-0.2, -0.15) is 0 Å². The normalized spacial score (nSPS) is 15.2. The Balaban J connectivity index is 1.63. The molecule has 0 spiro atoms. The van der Waals surface area contributed by atoms with Crippen molar-refractivity contribution in [2.24, 2.45) is 10.7 Å². The summed E-state index contributed by atoms with van der Waals surface area (Å²) < 4.78 is 0. The van der Waals surface area contributed by atoms with E-state index in [0.29, 0.717) is 39.0 Å². The minimum absolute atomic E-state index is 0.120. The third kappa shape index (κ3) is 5.53. The Bertz CT molecular complexity index is 1320. The number of rotatable bonds is 6. The highest BCUT2D eigenvalue weighted by molar-refractivity contribution is 6.34. The Hall–Kier alpha value is -3.68. The summed E-state index contributed by atoms with van der Waals surface area (Å²) in [5.41, 5.74) is 9.10. The predicted octanol–water partition coefficient (Wildman–Crippen LogP) is 3.98. The number of benzodiazepines with no additional fused rings is 1. The second kappa shape index (κ2) is 10.3. The van der Waals surface area contributed by atoms with Crippen LogP contribution in [0, 0.1) is 0 Å². The number of nitrogens with zero attached hydrogens (tertiary/aromatic N) is 2. The number of amides is 3. The van der Waals surface area contributed by atoms with E-state index in [1.807, 2.05) is 24.3 Å². The fourth-order valence-electron chi connectivity index (χ4n) is 3.88. The molecule has 0 radical (unpaired) electrons. The van der Waals surface area contributed by atoms with Crippen molar-refractivity contribution >= 4 is 52.3 Å². The van der Waals surface area contributed by atoms with Crippen molar-refractivity contribution in [1.82, 2.24) is 5.32 Å². The number of anilines is 1. The van der Waals surface area contributed by atoms with Crippen LogP contribution in [-0.2, 0) is 16.0 Å². The zero-order chi connectivity index (χ0) is 25.1. The van der Waals surface area contributed by atoms with Gasteiger partial charge >= 0.3 is 0 Å². The summed E-state index contributed by atoms with van der Waals surface area (Å²) in [6.07, 6.45) is -0.613. The van der Waals surface area contributed by atoms with E-state index in [2.05, 4.69) is 10.3 Å². The van der Waals surface area contributed by atoms with Gasteiger partial charge in [0.1, 0.15) is 0 Å². The van der Waals surface area contributed by atoms with Crippen molar-refractivity contribution in [2.75, 3.05) is 11.9 Å². The lowest BCUT2D eigenvalue weighted by Crippen LogP contribution is -2.46. The Kier molecular flexibility index (Phi) is 7.19. The Labute approximate surface area is 212 Å². The van der Waals surface area contributed by atoms with Gasteiger partial charge in [0.05, 0.1) is 11.4 Å². The maximum Gasteiger partial charge on any atom is 0.272 e. The van der Waals surface area contributed by atoms with Gasteiger partial charge < -0.3 is 16.0 Å². The number of nitrogens with one attached hydrogen (secondary N) is 1. The Morgan fingerprint density at radius 3 is 2.34 bits per heavy atom. The summed E-state index contributed by atoms with van der Waals surface area (Å²) in [5.74, 6) is -1.26. The number of primary amides is 1. The molecule has 3 amide bonds. The lowest BCUT2D eigenvalue weighted by atomic mass is 9.99. The topological polar surface area (TPSA) is 105 Å². The maximum absolute atomic E-state index is 13.2. The third-order valence-electron chi connectivity index (χ3n) is 5.65. The highest BCUT2D eigenvalue weighted by atomic mass is 35.5. The number of hydrogen-bond acceptors (Lipinski definition) is 4. The Morgan fingerprint density at radius 1 is 1.03 bits per heavy atom. The molecule has 7 nitrogen and oxygen atoms in total. The molecular weight excluding hydrogens is 487 g/mol. The molecule has 3 N–H and O–H groups in total. The summed E-state index contributed by atoms with van der Waals surface area (Å²) in [4.78, 5) is 43.6. The lowest BCUT2D eigenvalue weighted by Gasteiger charge is -2.20. The number of aryl methyl sites for hydroxylation is 1. The van der Waals surface area contributed by atoms with Crippen LogP contribution in [0.15, 0.2) is 71.7 Å². The number of aliphatic imine (C=N–C) groups is 1. The molecule has 4 rings (SSSR count). The quantitative estimate of drug-likeness (QED) is 0.525. The first-order valence-corrected chi connectivity index (χ1v) is 11.6. The predicted molar refractivity (Wildman–Crippen MR) is 137 cm³/mol. The molecule has 9 heteroatoms. The number of nitrogens with two attached hydrogens (primary N) is 1. The molecule has 3 aromatic rings. The number of halogens is 2. The van der Waals surface area contributed by atoms with Crippen LogP contribution in [0.2, 0.25) is 10.0 Å². The fourth-order valence-corrected chi connectivity index (χ4v) is 4.45. The van der Waals surface area contributed by atoms with Crippen molar-refractivity contribution in [3.05, 3.63) is 99.0 Å². The molecule has 0 saturated heterocycles. The van der Waals surface area contributed by atoms with Gasteiger partial charge in [0.15, 0.2) is 0 Å². The molecule has 1 heterocycles. The molecule has 178 valence electrons. The highest BCUT2D eigenvalue weighted by Crippen LogP contribution is 2.27. The zero-order valence-electron chi connectivity index (χ0n) is 18.8. The van der Waals surface area contributed by atoms with E-state index in [-0.39, 0.29) is 18.2 Å². The van der Waals surface area contributed by atoms with Crippen LogP contribution < -0.4 is 16.0 Å². The first-order chi connectivity index (χ1) is 16.7. The summed E-state index contributed by atoms with van der Waals surface area (Å²) >= 11 is 12.1. The van der Waals surface area contributed by atoms with Crippen molar-refractivity contribution in [1.29, 1.82) is 0 Å². The van der Waals surface area contributed by atoms with Gasteiger partial charge in [-0.3, -0.25) is 14.4 Å². The van der Waals surface area contributed by atoms with Crippen LogP contribution in [0.1, 0.15) is 33.5 Å². The molecule has 35 heavy (non-hydrogen) atoms. The second-order valence-electron chi connectivity index (χ2n) is 8.08. The van der Waals surface area contributed by atoms with Gasteiger partial charge in [-0.25, -0.2) is 4.99 Å². The molecule has 1 aliphatic heterocycles. The SMILES string of the molecule is CN1C(=O)[C@@H](NC(=O)CCc2cc(Cl)cc(Cl)c2)N=C(c2ccc(C(N)=O)cc2)c2ccccc21. The van der Waals surface area contributed by atoms with E-state index in [1.54, 1.807) is 49.5 Å². The minimum Gasteiger partial charge on any atom is -0.366 e. The largest absolute Gasteiger partial charge is 0.366 e. The molecule has 1 aliphatic rings. The standard InChI is InChI=1S/C26H22Cl2N4O3/c1-32-21-5-3-2-4-20(21)23(16-7-9-17(10-8-16)24(29)34)31-25(26(32)35)30-22(33)11-6-15-12-18(27)14-19(28)13-15/h2-5,7-10,12-14,25H,6,11H2,1H3,(H2,29,34)(H,30,33)/t25-/m0/s1. The van der Waals surface area contributed by atoms with E-state index in [9.17, 15) is 14.4 Å². The van der Waals surface area contributed by atoms with Gasteiger partial charge in [0, 0.05) is 40.2 Å². The van der Waals surface area contributed by atoms with Crippen LogP contribution in [0.4, 0.5) is 5.69 Å². The molecule has 0 aromatic heterocycles. The number of likely N-dealkylation sites (N-methyl/N-ethyl adjacent to an activating group) is 1. The molecule has 0 bridgehead atoms. The summed E-state index contributed by atoms with van der Waals surface area (Å²) in [6, 6.07) is 19.1.